The Morgan fingerprint density at radius 2 is 1.95 bits per heavy atom. The smallest absolute Gasteiger partial charge is 0.295 e. The number of ketones is 1. The van der Waals surface area contributed by atoms with E-state index in [0.29, 0.717) is 6.07 Å². The maximum Gasteiger partial charge on any atom is 0.416 e. The summed E-state index contributed by atoms with van der Waals surface area (Å²) in [5, 5.41) is 0. The molecule has 0 bridgehead atoms. The summed E-state index contributed by atoms with van der Waals surface area (Å²) in [5.41, 5.74) is 0.305. The Labute approximate surface area is 110 Å². The van der Waals surface area contributed by atoms with Gasteiger partial charge in [0.2, 0.25) is 0 Å². The topological polar surface area (TPSA) is 92.5 Å². The molecule has 106 valence electrons. The lowest BCUT2D eigenvalue weighted by atomic mass is 10.1. The predicted molar refractivity (Wildman–Crippen MR) is 60.5 cm³/mol. The highest BCUT2D eigenvalue weighted by Gasteiger charge is 2.39. The number of fused-ring (bicyclic) bond motifs is 1. The van der Waals surface area contributed by atoms with E-state index < -0.39 is 35.9 Å². The molecule has 1 heterocycles. The predicted octanol–water partition coefficient (Wildman–Crippen LogP) is 0.225. The van der Waals surface area contributed by atoms with Gasteiger partial charge in [-0.15, -0.1) is 0 Å². The van der Waals surface area contributed by atoms with Crippen LogP contribution in [0.1, 0.15) is 15.9 Å². The summed E-state index contributed by atoms with van der Waals surface area (Å²) in [7, 11) is 0. The van der Waals surface area contributed by atoms with E-state index in [4.69, 9.17) is 5.84 Å². The maximum atomic E-state index is 12.6. The van der Waals surface area contributed by atoms with Crippen molar-refractivity contribution < 1.29 is 27.6 Å². The number of carbonyl (C=O) groups is 3. The van der Waals surface area contributed by atoms with Crippen molar-refractivity contribution in [3.05, 3.63) is 29.3 Å². The second-order valence-electron chi connectivity index (χ2n) is 4.02. The lowest BCUT2D eigenvalue weighted by molar-refractivity contribution is -0.137. The molecule has 1 aliphatic heterocycles. The average molecular weight is 287 g/mol. The van der Waals surface area contributed by atoms with Gasteiger partial charge in [0.1, 0.15) is 6.54 Å². The van der Waals surface area contributed by atoms with Gasteiger partial charge in [-0.2, -0.15) is 13.2 Å². The van der Waals surface area contributed by atoms with Crippen LogP contribution in [0.25, 0.3) is 0 Å². The van der Waals surface area contributed by atoms with E-state index in [9.17, 15) is 27.6 Å². The average Bonchev–Trinajstić information content (AvgIpc) is 2.62. The lowest BCUT2D eigenvalue weighted by Crippen LogP contribution is -2.42. The van der Waals surface area contributed by atoms with Gasteiger partial charge >= 0.3 is 6.18 Å². The van der Waals surface area contributed by atoms with Crippen LogP contribution in [0.3, 0.4) is 0 Å². The fourth-order valence-electron chi connectivity index (χ4n) is 1.82. The number of nitrogens with one attached hydrogen (secondary N) is 1. The zero-order valence-corrected chi connectivity index (χ0v) is 9.82. The fraction of sp³-hybridized carbons (Fsp3) is 0.182. The molecule has 0 aromatic heterocycles. The molecule has 1 aliphatic rings. The van der Waals surface area contributed by atoms with Crippen molar-refractivity contribution in [3.63, 3.8) is 0 Å². The molecule has 2 rings (SSSR count). The number of rotatable bonds is 2. The molecule has 0 radical (unpaired) electrons. The summed E-state index contributed by atoms with van der Waals surface area (Å²) in [5.74, 6) is 1.96. The third-order valence-corrected chi connectivity index (χ3v) is 2.76. The highest BCUT2D eigenvalue weighted by atomic mass is 19.4. The molecule has 2 amide bonds. The highest BCUT2D eigenvalue weighted by Crippen LogP contribution is 2.35. The molecule has 0 spiro atoms. The van der Waals surface area contributed by atoms with Crippen LogP contribution in [0.5, 0.6) is 0 Å². The highest BCUT2D eigenvalue weighted by molar-refractivity contribution is 6.52. The summed E-state index contributed by atoms with van der Waals surface area (Å²) >= 11 is 0. The number of alkyl halides is 3. The van der Waals surface area contributed by atoms with Gasteiger partial charge in [0.15, 0.2) is 0 Å². The van der Waals surface area contributed by atoms with E-state index >= 15 is 0 Å². The number of hydrogen-bond acceptors (Lipinski definition) is 4. The molecular formula is C11H8F3N3O3. The van der Waals surface area contributed by atoms with Crippen molar-refractivity contribution in [3.8, 4) is 0 Å². The monoisotopic (exact) mass is 287 g/mol. The number of halogens is 3. The summed E-state index contributed by atoms with van der Waals surface area (Å²) in [6.45, 7) is -0.542. The fourth-order valence-corrected chi connectivity index (χ4v) is 1.82. The Balaban J connectivity index is 2.44. The van der Waals surface area contributed by atoms with Crippen molar-refractivity contribution in [2.45, 2.75) is 6.18 Å². The first-order valence-electron chi connectivity index (χ1n) is 5.32. The minimum absolute atomic E-state index is 0.0448. The minimum atomic E-state index is -4.62. The molecule has 3 N–H and O–H groups in total. The number of anilines is 1. The van der Waals surface area contributed by atoms with Crippen LogP contribution in [-0.2, 0) is 15.8 Å². The van der Waals surface area contributed by atoms with Gasteiger partial charge < -0.3 is 0 Å². The number of amides is 2. The SMILES string of the molecule is NNC(=O)CN1C(=O)C(=O)c2cc(C(F)(F)F)ccc21. The first kappa shape index (κ1) is 14.0. The van der Waals surface area contributed by atoms with Crippen LogP contribution in [0.15, 0.2) is 18.2 Å². The van der Waals surface area contributed by atoms with Gasteiger partial charge in [-0.3, -0.25) is 24.7 Å². The Kier molecular flexibility index (Phi) is 3.22. The van der Waals surface area contributed by atoms with E-state index in [1.165, 1.54) is 0 Å². The molecule has 0 saturated carbocycles. The molecule has 20 heavy (non-hydrogen) atoms. The Morgan fingerprint density at radius 1 is 1.30 bits per heavy atom. The number of benzene rings is 1. The molecule has 1 aromatic rings. The molecule has 9 heteroatoms. The quantitative estimate of drug-likeness (QED) is 0.352. The Morgan fingerprint density at radius 3 is 2.50 bits per heavy atom. The molecule has 6 nitrogen and oxygen atoms in total. The normalized spacial score (nSPS) is 14.5. The van der Waals surface area contributed by atoms with E-state index in [1.54, 1.807) is 5.43 Å². The van der Waals surface area contributed by atoms with Gasteiger partial charge in [-0.05, 0) is 18.2 Å². The largest absolute Gasteiger partial charge is 0.416 e. The van der Waals surface area contributed by atoms with E-state index in [0.717, 1.165) is 17.0 Å². The molecule has 0 saturated heterocycles. The van der Waals surface area contributed by atoms with Gasteiger partial charge in [0.05, 0.1) is 16.8 Å². The van der Waals surface area contributed by atoms with Crippen molar-refractivity contribution in [2.24, 2.45) is 5.84 Å². The van der Waals surface area contributed by atoms with Crippen LogP contribution in [0.2, 0.25) is 0 Å². The summed E-state index contributed by atoms with van der Waals surface area (Å²) < 4.78 is 37.7. The van der Waals surface area contributed by atoms with E-state index in [-0.39, 0.29) is 11.3 Å². The number of nitrogens with two attached hydrogens (primary N) is 1. The number of carbonyl (C=O) groups excluding carboxylic acids is 3. The molecule has 1 aromatic carbocycles. The van der Waals surface area contributed by atoms with Crippen molar-refractivity contribution in [1.82, 2.24) is 5.43 Å². The second kappa shape index (κ2) is 4.60. The summed E-state index contributed by atoms with van der Waals surface area (Å²) in [6.07, 6.45) is -4.62. The minimum Gasteiger partial charge on any atom is -0.295 e. The van der Waals surface area contributed by atoms with Crippen molar-refractivity contribution >= 4 is 23.3 Å². The summed E-state index contributed by atoms with van der Waals surface area (Å²) in [4.78, 5) is 35.2. The van der Waals surface area contributed by atoms with Crippen LogP contribution < -0.4 is 16.2 Å². The van der Waals surface area contributed by atoms with Crippen molar-refractivity contribution in [2.75, 3.05) is 11.4 Å². The first-order chi connectivity index (χ1) is 9.25. The van der Waals surface area contributed by atoms with Crippen LogP contribution in [-0.4, -0.2) is 24.1 Å². The van der Waals surface area contributed by atoms with Crippen LogP contribution >= 0.6 is 0 Å². The third kappa shape index (κ3) is 2.23. The lowest BCUT2D eigenvalue weighted by Gasteiger charge is -2.15. The maximum absolute atomic E-state index is 12.6. The zero-order valence-electron chi connectivity index (χ0n) is 9.82. The van der Waals surface area contributed by atoms with Gasteiger partial charge in [-0.25, -0.2) is 5.84 Å². The first-order valence-corrected chi connectivity index (χ1v) is 5.32. The molecular weight excluding hydrogens is 279 g/mol. The summed E-state index contributed by atoms with van der Waals surface area (Å²) in [6, 6.07) is 2.30. The van der Waals surface area contributed by atoms with Crippen LogP contribution in [0, 0.1) is 0 Å². The Hall–Kier alpha value is -2.42. The second-order valence-corrected chi connectivity index (χ2v) is 4.02. The number of Topliss-reactive ketones (excluding diaryl/α,β-unsaturated/α-hetero) is 1. The molecule has 0 atom stereocenters. The van der Waals surface area contributed by atoms with E-state index in [2.05, 4.69) is 0 Å². The molecule has 0 unspecified atom stereocenters. The van der Waals surface area contributed by atoms with Crippen LogP contribution in [0.4, 0.5) is 18.9 Å². The molecule has 0 aliphatic carbocycles. The third-order valence-electron chi connectivity index (χ3n) is 2.76. The molecule has 0 fully saturated rings. The van der Waals surface area contributed by atoms with Gasteiger partial charge in [-0.1, -0.05) is 0 Å². The van der Waals surface area contributed by atoms with E-state index in [1.807, 2.05) is 0 Å². The van der Waals surface area contributed by atoms with Gasteiger partial charge in [0, 0.05) is 0 Å². The zero-order chi connectivity index (χ0) is 15.1. The standard InChI is InChI=1S/C11H8F3N3O3/c12-11(13,14)5-1-2-7-6(3-5)9(19)10(20)17(7)4-8(18)16-15/h1-3H,4,15H2,(H,16,18). The number of hydrogen-bond donors (Lipinski definition) is 2. The van der Waals surface area contributed by atoms with Gasteiger partial charge in [0.25, 0.3) is 17.6 Å². The Bertz CT molecular complexity index is 613. The number of hydrazine groups is 1. The number of nitrogens with zero attached hydrogens (tertiary/aromatic N) is 1. The van der Waals surface area contributed by atoms with Crippen molar-refractivity contribution in [1.29, 1.82) is 0 Å².